The van der Waals surface area contributed by atoms with E-state index in [1.807, 2.05) is 27.7 Å². The van der Waals surface area contributed by atoms with Gasteiger partial charge in [-0.3, -0.25) is 14.4 Å². The van der Waals surface area contributed by atoms with Gasteiger partial charge in [0.1, 0.15) is 23.9 Å². The first-order chi connectivity index (χ1) is 19.6. The molecule has 4 fully saturated rings. The van der Waals surface area contributed by atoms with Crippen LogP contribution >= 0.6 is 0 Å². The van der Waals surface area contributed by atoms with Gasteiger partial charge in [-0.1, -0.05) is 27.7 Å². The van der Waals surface area contributed by atoms with E-state index >= 15 is 0 Å². The fourth-order valence-corrected chi connectivity index (χ4v) is 9.79. The van der Waals surface area contributed by atoms with E-state index in [1.54, 1.807) is 6.07 Å². The minimum Gasteiger partial charge on any atom is -0.472 e. The molecule has 0 aromatic carbocycles. The van der Waals surface area contributed by atoms with Gasteiger partial charge < -0.3 is 33.2 Å². The molecule has 1 spiro atoms. The Balaban J connectivity index is 1.62. The Bertz CT molecular complexity index is 1380. The van der Waals surface area contributed by atoms with Crippen LogP contribution < -0.4 is 0 Å². The number of aliphatic hydroxyl groups is 1. The lowest BCUT2D eigenvalue weighted by molar-refractivity contribution is -0.326. The Kier molecular flexibility index (Phi) is 6.14. The molecule has 42 heavy (non-hydrogen) atoms. The van der Waals surface area contributed by atoms with Crippen molar-refractivity contribution in [3.05, 3.63) is 35.8 Å². The normalized spacial score (nSPS) is 44.3. The predicted octanol–water partition coefficient (Wildman–Crippen LogP) is 3.40. The number of furan rings is 1. The minimum absolute atomic E-state index is 0.0725. The highest BCUT2D eigenvalue weighted by Crippen LogP contribution is 2.81. The zero-order valence-corrected chi connectivity index (χ0v) is 24.9. The maximum Gasteiger partial charge on any atom is 0.331 e. The minimum atomic E-state index is -2.00. The number of esters is 4. The number of hydrogen-bond acceptors (Lipinski definition) is 11. The molecule has 11 heteroatoms. The number of fused-ring (bicyclic) bond motifs is 2. The number of ether oxygens (including phenoxy) is 5. The Labute approximate surface area is 243 Å². The van der Waals surface area contributed by atoms with E-state index < -0.39 is 87.6 Å². The second-order valence-corrected chi connectivity index (χ2v) is 13.6. The molecule has 0 amide bonds. The van der Waals surface area contributed by atoms with Gasteiger partial charge >= 0.3 is 23.9 Å². The maximum atomic E-state index is 13.2. The lowest BCUT2D eigenvalue weighted by atomic mass is 9.37. The van der Waals surface area contributed by atoms with Gasteiger partial charge in [0.2, 0.25) is 0 Å². The molecule has 3 aliphatic heterocycles. The number of rotatable bonds is 5. The molecule has 1 aromatic heterocycles. The van der Waals surface area contributed by atoms with Crippen LogP contribution in [-0.4, -0.2) is 59.7 Å². The first-order valence-corrected chi connectivity index (χ1v) is 14.4. The molecule has 2 bridgehead atoms. The van der Waals surface area contributed by atoms with Crippen LogP contribution in [0.25, 0.3) is 0 Å². The molecule has 0 radical (unpaired) electrons. The smallest absolute Gasteiger partial charge is 0.331 e. The number of hydrogen-bond donors (Lipinski definition) is 1. The molecular formula is C31H38O11. The quantitative estimate of drug-likeness (QED) is 0.400. The van der Waals surface area contributed by atoms with Crippen LogP contribution in [0.1, 0.15) is 72.5 Å². The van der Waals surface area contributed by atoms with Crippen molar-refractivity contribution in [1.29, 1.82) is 0 Å². The molecule has 11 nitrogen and oxygen atoms in total. The van der Waals surface area contributed by atoms with Gasteiger partial charge in [0.05, 0.1) is 25.6 Å². The molecule has 6 rings (SSSR count). The summed E-state index contributed by atoms with van der Waals surface area (Å²) >= 11 is 0. The summed E-state index contributed by atoms with van der Waals surface area (Å²) < 4.78 is 35.2. The second-order valence-electron chi connectivity index (χ2n) is 13.6. The highest BCUT2D eigenvalue weighted by Gasteiger charge is 2.90. The Morgan fingerprint density at radius 2 is 1.74 bits per heavy atom. The fraction of sp³-hybridized carbons (Fsp3) is 0.677. The van der Waals surface area contributed by atoms with Crippen LogP contribution in [0.2, 0.25) is 0 Å². The molecule has 10 atom stereocenters. The third-order valence-electron chi connectivity index (χ3n) is 11.3. The molecule has 5 aliphatic rings. The van der Waals surface area contributed by atoms with Gasteiger partial charge in [-0.05, 0) is 30.4 Å². The second kappa shape index (κ2) is 8.92. The number of carbonyl (C=O) groups is 4. The zero-order chi connectivity index (χ0) is 30.6. The van der Waals surface area contributed by atoms with Crippen molar-refractivity contribution in [3.8, 4) is 0 Å². The third kappa shape index (κ3) is 3.35. The number of methoxy groups -OCH3 is 1. The molecule has 2 saturated carbocycles. The van der Waals surface area contributed by atoms with Gasteiger partial charge in [-0.15, -0.1) is 0 Å². The van der Waals surface area contributed by atoms with E-state index in [2.05, 4.69) is 0 Å². The van der Waals surface area contributed by atoms with Gasteiger partial charge in [-0.25, -0.2) is 4.79 Å². The van der Waals surface area contributed by atoms with Crippen LogP contribution in [0.15, 0.2) is 34.7 Å². The summed E-state index contributed by atoms with van der Waals surface area (Å²) in [6.07, 6.45) is 2.55. The van der Waals surface area contributed by atoms with E-state index in [0.717, 1.165) is 0 Å². The lowest BCUT2D eigenvalue weighted by Crippen LogP contribution is -2.75. The maximum absolute atomic E-state index is 13.2. The average molecular weight is 587 g/mol. The highest BCUT2D eigenvalue weighted by atomic mass is 16.7. The van der Waals surface area contributed by atoms with Crippen molar-refractivity contribution >= 4 is 23.9 Å². The summed E-state index contributed by atoms with van der Waals surface area (Å²) in [7, 11) is 1.30. The van der Waals surface area contributed by atoms with Crippen LogP contribution in [0.3, 0.4) is 0 Å². The first kappa shape index (κ1) is 28.9. The molecule has 1 aromatic rings. The van der Waals surface area contributed by atoms with E-state index in [1.165, 1.54) is 39.6 Å². The van der Waals surface area contributed by atoms with Gasteiger partial charge in [-0.2, -0.15) is 0 Å². The summed E-state index contributed by atoms with van der Waals surface area (Å²) in [6.45, 7) is 10.2. The van der Waals surface area contributed by atoms with E-state index in [9.17, 15) is 24.3 Å². The summed E-state index contributed by atoms with van der Waals surface area (Å²) in [5, 5.41) is 12.8. The summed E-state index contributed by atoms with van der Waals surface area (Å²) in [5.41, 5.74) is -3.08. The Hall–Kier alpha value is -3.18. The van der Waals surface area contributed by atoms with Gasteiger partial charge in [0.25, 0.3) is 0 Å². The van der Waals surface area contributed by atoms with Crippen LogP contribution in [0.4, 0.5) is 0 Å². The summed E-state index contributed by atoms with van der Waals surface area (Å²) in [6, 6.07) is 1.74. The number of cyclic esters (lactones) is 1. The summed E-state index contributed by atoms with van der Waals surface area (Å²) in [4.78, 5) is 51.4. The van der Waals surface area contributed by atoms with Crippen molar-refractivity contribution < 1.29 is 52.4 Å². The first-order valence-electron chi connectivity index (χ1n) is 14.4. The van der Waals surface area contributed by atoms with Crippen molar-refractivity contribution in [2.24, 2.45) is 34.0 Å². The molecule has 228 valence electrons. The van der Waals surface area contributed by atoms with Crippen LogP contribution in [0.5, 0.6) is 0 Å². The van der Waals surface area contributed by atoms with E-state index in [-0.39, 0.29) is 6.42 Å². The lowest BCUT2D eigenvalue weighted by Gasteiger charge is -2.66. The highest BCUT2D eigenvalue weighted by molar-refractivity contribution is 5.85. The van der Waals surface area contributed by atoms with Gasteiger partial charge in [0, 0.05) is 54.1 Å². The topological polar surface area (TPSA) is 148 Å². The molecule has 0 unspecified atom stereocenters. The third-order valence-corrected chi connectivity index (χ3v) is 11.3. The Morgan fingerprint density at radius 3 is 2.33 bits per heavy atom. The van der Waals surface area contributed by atoms with Crippen molar-refractivity contribution in [2.45, 2.75) is 90.5 Å². The average Bonchev–Trinajstić information content (AvgIpc) is 3.56. The zero-order valence-electron chi connectivity index (χ0n) is 24.9. The van der Waals surface area contributed by atoms with Crippen LogP contribution in [-0.2, 0) is 42.9 Å². The molecule has 2 saturated heterocycles. The van der Waals surface area contributed by atoms with Crippen molar-refractivity contribution in [1.82, 2.24) is 0 Å². The molecule has 1 N–H and O–H groups in total. The standard InChI is InChI=1S/C31H38O11/c1-15(32)39-25-23-26(40-16(2)33)30-18(29(6,31(23,36)42-30)19(27(25,3)4)12-21(34)37-7)8-10-28(5)20(30)13-22(35)41-24(28)17-9-11-38-14-17/h9,11,13-14,18-19,23-26,36H,8,10,12H2,1-7H3/t18-,19-,23-,24-,25-,26-,28+,29-,30-,31+/m1/s1. The largest absolute Gasteiger partial charge is 0.472 e. The number of carbonyl (C=O) groups excluding carboxylic acids is 4. The van der Waals surface area contributed by atoms with Crippen molar-refractivity contribution in [2.75, 3.05) is 7.11 Å². The molecule has 4 heterocycles. The predicted molar refractivity (Wildman–Crippen MR) is 142 cm³/mol. The van der Waals surface area contributed by atoms with Crippen LogP contribution in [0, 0.1) is 34.0 Å². The van der Waals surface area contributed by atoms with Crippen molar-refractivity contribution in [3.63, 3.8) is 0 Å². The fourth-order valence-electron chi connectivity index (χ4n) is 9.79. The molecule has 2 aliphatic carbocycles. The Morgan fingerprint density at radius 1 is 1.07 bits per heavy atom. The SMILES string of the molecule is COC(=O)C[C@@H]1C(C)(C)[C@H](OC(C)=O)[C@@H]2[C@@H](OC(C)=O)[C@@]34O[C@]2(O)[C@]1(C)[C@H]3CC[C@@]1(C)C4=CC(=O)O[C@@H]1c1ccoc1. The van der Waals surface area contributed by atoms with E-state index in [0.29, 0.717) is 24.0 Å². The van der Waals surface area contributed by atoms with Gasteiger partial charge in [0.15, 0.2) is 5.79 Å². The van der Waals surface area contributed by atoms with E-state index in [4.69, 9.17) is 28.1 Å². The summed E-state index contributed by atoms with van der Waals surface area (Å²) in [5.74, 6) is -6.37. The molecular weight excluding hydrogens is 548 g/mol. The monoisotopic (exact) mass is 586 g/mol.